The third kappa shape index (κ3) is 4.43. The van der Waals surface area contributed by atoms with Crippen molar-refractivity contribution >= 4 is 34.0 Å². The zero-order chi connectivity index (χ0) is 17.8. The van der Waals surface area contributed by atoms with Gasteiger partial charge in [-0.05, 0) is 31.2 Å². The number of carbonyl (C=O) groups excluding carboxylic acids is 1. The molecule has 5 nitrogen and oxygen atoms in total. The first-order valence-electron chi connectivity index (χ1n) is 7.28. The molecule has 0 aliphatic rings. The Morgan fingerprint density at radius 3 is 2.92 bits per heavy atom. The van der Waals surface area contributed by atoms with Crippen molar-refractivity contribution in [3.63, 3.8) is 0 Å². The summed E-state index contributed by atoms with van der Waals surface area (Å²) in [6.07, 6.45) is 1.58. The number of rotatable bonds is 7. The lowest BCUT2D eigenvalue weighted by Gasteiger charge is -2.08. The summed E-state index contributed by atoms with van der Waals surface area (Å²) in [4.78, 5) is 12.3. The van der Waals surface area contributed by atoms with Gasteiger partial charge in [-0.15, -0.1) is 10.2 Å². The van der Waals surface area contributed by atoms with E-state index in [0.717, 1.165) is 17.9 Å². The molecule has 3 rings (SSSR count). The molecule has 0 saturated carbocycles. The molecule has 1 atom stereocenters. The van der Waals surface area contributed by atoms with Crippen molar-refractivity contribution in [3.05, 3.63) is 59.6 Å². The quantitative estimate of drug-likeness (QED) is 0.484. The second kappa shape index (κ2) is 7.75. The first kappa shape index (κ1) is 17.6. The molecule has 0 aliphatic carbocycles. The molecule has 1 N–H and O–H groups in total. The lowest BCUT2D eigenvalue weighted by atomic mass is 10.1. The van der Waals surface area contributed by atoms with Crippen molar-refractivity contribution in [2.24, 2.45) is 0 Å². The number of aromatic nitrogens is 2. The summed E-state index contributed by atoms with van der Waals surface area (Å²) in [6.45, 7) is 2.12. The van der Waals surface area contributed by atoms with E-state index in [9.17, 15) is 13.6 Å². The molecule has 9 heteroatoms. The van der Waals surface area contributed by atoms with Crippen LogP contribution in [0, 0.1) is 11.6 Å². The van der Waals surface area contributed by atoms with Gasteiger partial charge in [-0.25, -0.2) is 8.78 Å². The van der Waals surface area contributed by atoms with Crippen LogP contribution in [-0.2, 0) is 6.54 Å². The highest BCUT2D eigenvalue weighted by atomic mass is 32.2. The fourth-order valence-electron chi connectivity index (χ4n) is 2.02. The number of halogens is 2. The third-order valence-electron chi connectivity index (χ3n) is 3.24. The Balaban J connectivity index is 1.60. The average Bonchev–Trinajstić information content (AvgIpc) is 3.24. The van der Waals surface area contributed by atoms with E-state index in [-0.39, 0.29) is 5.56 Å². The van der Waals surface area contributed by atoms with Crippen molar-refractivity contribution in [1.82, 2.24) is 10.2 Å². The Morgan fingerprint density at radius 2 is 2.20 bits per heavy atom. The minimum Gasteiger partial charge on any atom is -0.467 e. The normalized spacial score (nSPS) is 12.1. The summed E-state index contributed by atoms with van der Waals surface area (Å²) < 4.78 is 32.5. The van der Waals surface area contributed by atoms with Gasteiger partial charge in [0.05, 0.1) is 23.6 Å². The monoisotopic (exact) mass is 381 g/mol. The molecule has 25 heavy (non-hydrogen) atoms. The summed E-state index contributed by atoms with van der Waals surface area (Å²) in [5, 5.41) is 11.1. The minimum atomic E-state index is -0.865. The van der Waals surface area contributed by atoms with Crippen molar-refractivity contribution in [1.29, 1.82) is 0 Å². The molecule has 0 fully saturated rings. The summed E-state index contributed by atoms with van der Waals surface area (Å²) in [5.41, 5.74) is -0.137. The van der Waals surface area contributed by atoms with Crippen LogP contribution >= 0.6 is 23.1 Å². The first-order chi connectivity index (χ1) is 12.0. The smallest absolute Gasteiger partial charge is 0.206 e. The molecule has 0 aliphatic heterocycles. The first-order valence-corrected chi connectivity index (χ1v) is 8.98. The second-order valence-electron chi connectivity index (χ2n) is 5.05. The fourth-order valence-corrected chi connectivity index (χ4v) is 3.98. The maximum absolute atomic E-state index is 13.7. The molecule has 0 radical (unpaired) electrons. The predicted molar refractivity (Wildman–Crippen MR) is 92.0 cm³/mol. The molecule has 2 heterocycles. The number of nitrogens with one attached hydrogen (secondary N) is 1. The molecule has 0 spiro atoms. The number of benzene rings is 1. The molecular weight excluding hydrogens is 368 g/mol. The number of furan rings is 1. The maximum atomic E-state index is 13.7. The Hall–Kier alpha value is -2.26. The van der Waals surface area contributed by atoms with Crippen LogP contribution in [0.3, 0.4) is 0 Å². The number of hydrogen-bond acceptors (Lipinski definition) is 7. The van der Waals surface area contributed by atoms with Crippen molar-refractivity contribution in [3.8, 4) is 0 Å². The largest absolute Gasteiger partial charge is 0.467 e. The van der Waals surface area contributed by atoms with Gasteiger partial charge >= 0.3 is 0 Å². The van der Waals surface area contributed by atoms with Crippen LogP contribution in [0.15, 0.2) is 45.4 Å². The van der Waals surface area contributed by atoms with E-state index in [1.807, 2.05) is 6.07 Å². The van der Waals surface area contributed by atoms with Crippen LogP contribution in [0.5, 0.6) is 0 Å². The highest BCUT2D eigenvalue weighted by Gasteiger charge is 2.22. The molecule has 3 aromatic rings. The molecule has 130 valence electrons. The van der Waals surface area contributed by atoms with Crippen molar-refractivity contribution in [2.45, 2.75) is 23.1 Å². The molecule has 1 aromatic carbocycles. The second-order valence-corrected chi connectivity index (χ2v) is 7.62. The van der Waals surface area contributed by atoms with E-state index in [0.29, 0.717) is 22.1 Å². The zero-order valence-electron chi connectivity index (χ0n) is 13.0. The number of hydrogen-bond donors (Lipinski definition) is 1. The minimum absolute atomic E-state index is 0.137. The van der Waals surface area contributed by atoms with E-state index < -0.39 is 22.7 Å². The Kier molecular flexibility index (Phi) is 5.44. The number of Topliss-reactive ketones (excluding diaryl/α,β-unsaturated/α-hetero) is 1. The van der Waals surface area contributed by atoms with Crippen LogP contribution in [0.2, 0.25) is 0 Å². The number of ketones is 1. The topological polar surface area (TPSA) is 68.0 Å². The van der Waals surface area contributed by atoms with Crippen LogP contribution in [-0.4, -0.2) is 21.2 Å². The number of thioether (sulfide) groups is 1. The molecule has 0 saturated heterocycles. The maximum Gasteiger partial charge on any atom is 0.206 e. The molecule has 0 bridgehead atoms. The van der Waals surface area contributed by atoms with Gasteiger partial charge in [-0.3, -0.25) is 4.79 Å². The average molecular weight is 381 g/mol. The van der Waals surface area contributed by atoms with E-state index in [2.05, 4.69) is 15.5 Å². The summed E-state index contributed by atoms with van der Waals surface area (Å²) in [5.74, 6) is -1.25. The number of anilines is 1. The van der Waals surface area contributed by atoms with E-state index >= 15 is 0 Å². The van der Waals surface area contributed by atoms with Crippen molar-refractivity contribution < 1.29 is 18.0 Å². The Bertz CT molecular complexity index is 868. The molecule has 0 amide bonds. The standard InChI is InChI=1S/C16H13F2N3O2S2/c1-9(14(22)12-5-4-10(17)7-13(12)18)24-16-21-20-15(25-16)19-8-11-3-2-6-23-11/h2-7,9H,8H2,1H3,(H,19,20). The molecule has 1 unspecified atom stereocenters. The van der Waals surface area contributed by atoms with E-state index in [1.165, 1.54) is 23.1 Å². The van der Waals surface area contributed by atoms with Gasteiger partial charge in [0.1, 0.15) is 17.4 Å². The van der Waals surface area contributed by atoms with Crippen LogP contribution < -0.4 is 5.32 Å². The summed E-state index contributed by atoms with van der Waals surface area (Å²) >= 11 is 2.46. The number of carbonyl (C=O) groups is 1. The summed E-state index contributed by atoms with van der Waals surface area (Å²) in [7, 11) is 0. The van der Waals surface area contributed by atoms with Gasteiger partial charge in [-0.2, -0.15) is 0 Å². The SMILES string of the molecule is CC(Sc1nnc(NCc2ccco2)s1)C(=O)c1ccc(F)cc1F. The Labute approximate surface area is 150 Å². The highest BCUT2D eigenvalue weighted by molar-refractivity contribution is 8.02. The Morgan fingerprint density at radius 1 is 1.36 bits per heavy atom. The highest BCUT2D eigenvalue weighted by Crippen LogP contribution is 2.31. The molecule has 2 aromatic heterocycles. The van der Waals surface area contributed by atoms with Crippen LogP contribution in [0.4, 0.5) is 13.9 Å². The lowest BCUT2D eigenvalue weighted by molar-refractivity contribution is 0.0990. The van der Waals surface area contributed by atoms with Gasteiger partial charge in [-0.1, -0.05) is 23.1 Å². The van der Waals surface area contributed by atoms with Gasteiger partial charge in [0.2, 0.25) is 5.13 Å². The number of nitrogens with zero attached hydrogens (tertiary/aromatic N) is 2. The fraction of sp³-hybridized carbons (Fsp3) is 0.188. The lowest BCUT2D eigenvalue weighted by Crippen LogP contribution is -2.15. The van der Waals surface area contributed by atoms with E-state index in [4.69, 9.17) is 4.42 Å². The van der Waals surface area contributed by atoms with Crippen molar-refractivity contribution in [2.75, 3.05) is 5.32 Å². The van der Waals surface area contributed by atoms with Gasteiger partial charge in [0, 0.05) is 6.07 Å². The van der Waals surface area contributed by atoms with Crippen LogP contribution in [0.1, 0.15) is 23.0 Å². The zero-order valence-corrected chi connectivity index (χ0v) is 14.7. The van der Waals surface area contributed by atoms with E-state index in [1.54, 1.807) is 19.3 Å². The van der Waals surface area contributed by atoms with Gasteiger partial charge < -0.3 is 9.73 Å². The van der Waals surface area contributed by atoms with Gasteiger partial charge in [0.15, 0.2) is 10.1 Å². The third-order valence-corrected chi connectivity index (χ3v) is 5.31. The van der Waals surface area contributed by atoms with Gasteiger partial charge in [0.25, 0.3) is 0 Å². The predicted octanol–water partition coefficient (Wildman–Crippen LogP) is 4.38. The summed E-state index contributed by atoms with van der Waals surface area (Å²) in [6, 6.07) is 6.55. The van der Waals surface area contributed by atoms with Crippen LogP contribution in [0.25, 0.3) is 0 Å². The molecular formula is C16H13F2N3O2S2.